The number of nitrogens with zero attached hydrogens (tertiary/aromatic N) is 2. The minimum absolute atomic E-state index is 0.0467. The first-order chi connectivity index (χ1) is 11.3. The van der Waals surface area contributed by atoms with Crippen LogP contribution in [-0.2, 0) is 6.54 Å². The normalized spacial score (nSPS) is 14.8. The summed E-state index contributed by atoms with van der Waals surface area (Å²) in [5.74, 6) is -0.207. The Kier molecular flexibility index (Phi) is 4.21. The largest absolute Gasteiger partial charge is 0.476 e. The molecule has 0 saturated heterocycles. The first kappa shape index (κ1) is 16.4. The number of aromatic nitrogens is 2. The van der Waals surface area contributed by atoms with Crippen LogP contribution in [0.4, 0.5) is 13.2 Å². The highest BCUT2D eigenvalue weighted by Gasteiger charge is 2.34. The number of aryl methyl sites for hydroxylation is 1. The minimum Gasteiger partial charge on any atom is -0.476 e. The molecule has 1 aromatic heterocycles. The van der Waals surface area contributed by atoms with Gasteiger partial charge in [0.1, 0.15) is 6.61 Å². The third-order valence-corrected chi connectivity index (χ3v) is 3.83. The molecule has 0 aliphatic carbocycles. The molecule has 1 amide bonds. The summed E-state index contributed by atoms with van der Waals surface area (Å²) in [6, 6.07) is 6.95. The number of nitrogens with one attached hydrogen (secondary N) is 1. The van der Waals surface area contributed by atoms with Gasteiger partial charge in [-0.25, -0.2) is 4.68 Å². The lowest BCUT2D eigenvalue weighted by Gasteiger charge is -2.22. The van der Waals surface area contributed by atoms with Crippen LogP contribution in [0.3, 0.4) is 0 Å². The second kappa shape index (κ2) is 6.18. The maximum Gasteiger partial charge on any atom is 0.391 e. The van der Waals surface area contributed by atoms with Crippen LogP contribution in [0.15, 0.2) is 30.3 Å². The van der Waals surface area contributed by atoms with E-state index in [0.29, 0.717) is 30.2 Å². The van der Waals surface area contributed by atoms with Crippen LogP contribution in [0.25, 0.3) is 0 Å². The smallest absolute Gasteiger partial charge is 0.391 e. The number of halogens is 3. The summed E-state index contributed by atoms with van der Waals surface area (Å²) >= 11 is 0. The fraction of sp³-hybridized carbons (Fsp3) is 0.375. The van der Waals surface area contributed by atoms with Crippen LogP contribution in [0, 0.1) is 6.92 Å². The summed E-state index contributed by atoms with van der Waals surface area (Å²) in [4.78, 5) is 12.3. The molecule has 1 atom stereocenters. The molecule has 2 aromatic rings. The Morgan fingerprint density at radius 2 is 2.17 bits per heavy atom. The Morgan fingerprint density at radius 1 is 1.42 bits per heavy atom. The quantitative estimate of drug-likeness (QED) is 0.932. The number of ether oxygens (including phenoxy) is 1. The van der Waals surface area contributed by atoms with Crippen LogP contribution in [0.2, 0.25) is 0 Å². The Morgan fingerprint density at radius 3 is 2.83 bits per heavy atom. The number of alkyl halides is 3. The van der Waals surface area contributed by atoms with E-state index in [1.807, 2.05) is 0 Å². The Labute approximate surface area is 136 Å². The molecule has 1 aliphatic heterocycles. The molecule has 128 valence electrons. The summed E-state index contributed by atoms with van der Waals surface area (Å²) in [6.07, 6.45) is -5.55. The molecule has 1 unspecified atom stereocenters. The van der Waals surface area contributed by atoms with E-state index in [1.165, 1.54) is 10.7 Å². The molecule has 1 N–H and O–H groups in total. The summed E-state index contributed by atoms with van der Waals surface area (Å²) < 4.78 is 45.5. The van der Waals surface area contributed by atoms with Crippen LogP contribution in [0.5, 0.6) is 5.88 Å². The van der Waals surface area contributed by atoms with Gasteiger partial charge in [0.2, 0.25) is 5.88 Å². The number of fused-ring (bicyclic) bond motifs is 1. The number of hydrogen-bond acceptors (Lipinski definition) is 3. The van der Waals surface area contributed by atoms with Gasteiger partial charge in [-0.15, -0.1) is 0 Å². The summed E-state index contributed by atoms with van der Waals surface area (Å²) in [7, 11) is 0. The van der Waals surface area contributed by atoms with E-state index in [-0.39, 0.29) is 5.69 Å². The van der Waals surface area contributed by atoms with Crippen molar-refractivity contribution in [3.05, 3.63) is 47.2 Å². The van der Waals surface area contributed by atoms with Gasteiger partial charge in [0.15, 0.2) is 5.69 Å². The Hall–Kier alpha value is -2.51. The molecule has 2 heterocycles. The van der Waals surface area contributed by atoms with Crippen molar-refractivity contribution in [2.75, 3.05) is 6.61 Å². The maximum atomic E-state index is 12.9. The highest BCUT2D eigenvalue weighted by atomic mass is 19.4. The van der Waals surface area contributed by atoms with Gasteiger partial charge in [0.05, 0.1) is 19.0 Å². The van der Waals surface area contributed by atoms with E-state index < -0.39 is 24.5 Å². The predicted octanol–water partition coefficient (Wildman–Crippen LogP) is 3.01. The maximum absolute atomic E-state index is 12.9. The van der Waals surface area contributed by atoms with Gasteiger partial charge in [-0.05, 0) is 18.1 Å². The Bertz CT molecular complexity index is 734. The van der Waals surface area contributed by atoms with Gasteiger partial charge in [-0.3, -0.25) is 4.79 Å². The van der Waals surface area contributed by atoms with E-state index in [0.717, 1.165) is 0 Å². The van der Waals surface area contributed by atoms with Gasteiger partial charge in [0.25, 0.3) is 5.91 Å². The number of benzene rings is 1. The van der Waals surface area contributed by atoms with Crippen molar-refractivity contribution in [3.8, 4) is 5.88 Å². The number of amides is 1. The fourth-order valence-corrected chi connectivity index (χ4v) is 2.70. The topological polar surface area (TPSA) is 56.2 Å². The lowest BCUT2D eigenvalue weighted by molar-refractivity contribution is -0.139. The highest BCUT2D eigenvalue weighted by Crippen LogP contribution is 2.31. The van der Waals surface area contributed by atoms with Crippen molar-refractivity contribution in [1.82, 2.24) is 15.1 Å². The number of hydrogen-bond donors (Lipinski definition) is 1. The van der Waals surface area contributed by atoms with Gasteiger partial charge in [0, 0.05) is 6.07 Å². The van der Waals surface area contributed by atoms with Gasteiger partial charge in [-0.1, -0.05) is 24.3 Å². The van der Waals surface area contributed by atoms with E-state index in [4.69, 9.17) is 4.74 Å². The van der Waals surface area contributed by atoms with Gasteiger partial charge in [-0.2, -0.15) is 18.3 Å². The highest BCUT2D eigenvalue weighted by molar-refractivity contribution is 5.92. The third kappa shape index (κ3) is 3.52. The summed E-state index contributed by atoms with van der Waals surface area (Å²) in [5.41, 5.74) is 1.17. The molecule has 0 radical (unpaired) electrons. The van der Waals surface area contributed by atoms with Crippen molar-refractivity contribution in [1.29, 1.82) is 0 Å². The second-order valence-electron chi connectivity index (χ2n) is 5.64. The molecule has 24 heavy (non-hydrogen) atoms. The van der Waals surface area contributed by atoms with Crippen molar-refractivity contribution in [3.63, 3.8) is 0 Å². The number of rotatable bonds is 4. The fourth-order valence-electron chi connectivity index (χ4n) is 2.70. The Balaban J connectivity index is 1.83. The third-order valence-electron chi connectivity index (χ3n) is 3.83. The lowest BCUT2D eigenvalue weighted by Crippen LogP contribution is -2.32. The van der Waals surface area contributed by atoms with Crippen LogP contribution in [0.1, 0.15) is 34.1 Å². The summed E-state index contributed by atoms with van der Waals surface area (Å²) in [5, 5.41) is 6.50. The van der Waals surface area contributed by atoms with Crippen LogP contribution in [-0.4, -0.2) is 28.5 Å². The van der Waals surface area contributed by atoms with Gasteiger partial charge >= 0.3 is 6.18 Å². The molecule has 0 saturated carbocycles. The van der Waals surface area contributed by atoms with E-state index in [9.17, 15) is 18.0 Å². The SMILES string of the molecule is Cc1ccccc1C(CC(F)(F)F)NC(=O)c1cc2n(n1)CCO2. The molecule has 0 fully saturated rings. The zero-order valence-electron chi connectivity index (χ0n) is 12.9. The molecule has 0 bridgehead atoms. The molecule has 1 aliphatic rings. The average Bonchev–Trinajstić information content (AvgIpc) is 3.06. The number of carbonyl (C=O) groups is 1. The van der Waals surface area contributed by atoms with E-state index in [2.05, 4.69) is 10.4 Å². The minimum atomic E-state index is -4.40. The monoisotopic (exact) mass is 339 g/mol. The van der Waals surface area contributed by atoms with Crippen molar-refractivity contribution in [2.45, 2.75) is 32.1 Å². The van der Waals surface area contributed by atoms with Crippen LogP contribution < -0.4 is 10.1 Å². The summed E-state index contributed by atoms with van der Waals surface area (Å²) in [6.45, 7) is 2.71. The predicted molar refractivity (Wildman–Crippen MR) is 79.8 cm³/mol. The van der Waals surface area contributed by atoms with Gasteiger partial charge < -0.3 is 10.1 Å². The van der Waals surface area contributed by atoms with Crippen molar-refractivity contribution < 1.29 is 22.7 Å². The van der Waals surface area contributed by atoms with Crippen LogP contribution >= 0.6 is 0 Å². The first-order valence-corrected chi connectivity index (χ1v) is 7.47. The standard InChI is InChI=1S/C16H16F3N3O2/c1-10-4-2-3-5-11(10)13(9-16(17,18)19)20-15(23)12-8-14-22(21-12)6-7-24-14/h2-5,8,13H,6-7,9H2,1H3,(H,20,23). The van der Waals surface area contributed by atoms with Crippen molar-refractivity contribution >= 4 is 5.91 Å². The first-order valence-electron chi connectivity index (χ1n) is 7.47. The van der Waals surface area contributed by atoms with E-state index in [1.54, 1.807) is 31.2 Å². The molecule has 8 heteroatoms. The molecular weight excluding hydrogens is 323 g/mol. The molecular formula is C16H16F3N3O2. The molecule has 1 aromatic carbocycles. The zero-order valence-corrected chi connectivity index (χ0v) is 12.9. The zero-order chi connectivity index (χ0) is 17.3. The van der Waals surface area contributed by atoms with Crippen molar-refractivity contribution in [2.24, 2.45) is 0 Å². The molecule has 3 rings (SSSR count). The second-order valence-corrected chi connectivity index (χ2v) is 5.64. The average molecular weight is 339 g/mol. The van der Waals surface area contributed by atoms with E-state index >= 15 is 0 Å². The number of carbonyl (C=O) groups excluding carboxylic acids is 1. The molecule has 5 nitrogen and oxygen atoms in total. The lowest BCUT2D eigenvalue weighted by atomic mass is 9.98. The molecule has 0 spiro atoms.